The van der Waals surface area contributed by atoms with Gasteiger partial charge in [-0.25, -0.2) is 4.79 Å². The monoisotopic (exact) mass is 673 g/mol. The molecule has 4 rings (SSSR count). The Morgan fingerprint density at radius 3 is 2.30 bits per heavy atom. The van der Waals surface area contributed by atoms with Gasteiger partial charge in [0.15, 0.2) is 5.54 Å². The van der Waals surface area contributed by atoms with E-state index in [9.17, 15) is 45.8 Å². The average Bonchev–Trinajstić information content (AvgIpc) is 3.13. The molecule has 2 aromatic rings. The molecule has 2 N–H and O–H groups in total. The van der Waals surface area contributed by atoms with E-state index in [4.69, 9.17) is 4.74 Å². The van der Waals surface area contributed by atoms with Gasteiger partial charge >= 0.3 is 18.4 Å². The van der Waals surface area contributed by atoms with Gasteiger partial charge < -0.3 is 25.0 Å². The fourth-order valence-corrected chi connectivity index (χ4v) is 5.75. The summed E-state index contributed by atoms with van der Waals surface area (Å²) in [6, 6.07) is 4.89. The minimum atomic E-state index is -6.01. The number of benzene rings is 1. The zero-order chi connectivity index (χ0) is 34.9. The molecule has 2 fully saturated rings. The third-order valence-corrected chi connectivity index (χ3v) is 8.22. The summed E-state index contributed by atoms with van der Waals surface area (Å²) >= 11 is 0. The summed E-state index contributed by atoms with van der Waals surface area (Å²) in [6.07, 6.45) is -9.74. The van der Waals surface area contributed by atoms with Gasteiger partial charge in [0.1, 0.15) is 12.3 Å². The highest BCUT2D eigenvalue weighted by Gasteiger charge is 2.71. The number of rotatable bonds is 9. The lowest BCUT2D eigenvalue weighted by molar-refractivity contribution is -0.376. The van der Waals surface area contributed by atoms with E-state index < -0.39 is 53.4 Å². The molecule has 2 aliphatic rings. The molecule has 0 bridgehead atoms. The maximum absolute atomic E-state index is 13.5. The number of aromatic nitrogens is 1. The first-order valence-electron chi connectivity index (χ1n) is 15.1. The topological polar surface area (TPSA) is 115 Å². The van der Waals surface area contributed by atoms with Crippen molar-refractivity contribution in [1.82, 2.24) is 20.1 Å². The number of alkyl halides is 6. The molecule has 2 saturated heterocycles. The second kappa shape index (κ2) is 13.2. The van der Waals surface area contributed by atoms with E-state index in [1.165, 1.54) is 18.0 Å². The largest absolute Gasteiger partial charge is 0.489 e. The number of hydrogen-bond donors (Lipinski definition) is 2. The van der Waals surface area contributed by atoms with E-state index in [0.717, 1.165) is 17.0 Å². The van der Waals surface area contributed by atoms with Gasteiger partial charge in [0.2, 0.25) is 5.91 Å². The zero-order valence-electron chi connectivity index (χ0n) is 26.3. The lowest BCUT2D eigenvalue weighted by atomic mass is 9.89. The van der Waals surface area contributed by atoms with Crippen LogP contribution in [-0.2, 0) is 27.1 Å². The number of amides is 4. The molecule has 0 spiro atoms. The number of imide groups is 1. The first-order valence-corrected chi connectivity index (χ1v) is 15.1. The van der Waals surface area contributed by atoms with Gasteiger partial charge in [-0.1, -0.05) is 25.5 Å². The van der Waals surface area contributed by atoms with Crippen LogP contribution in [0.1, 0.15) is 57.4 Å². The second-order valence-electron chi connectivity index (χ2n) is 12.0. The molecule has 1 unspecified atom stereocenters. The molecule has 4 amide bonds. The minimum absolute atomic E-state index is 0.0966. The number of hydrogen-bond acceptors (Lipinski definition) is 7. The summed E-state index contributed by atoms with van der Waals surface area (Å²) in [7, 11) is 0. The van der Waals surface area contributed by atoms with Crippen LogP contribution in [0, 0.1) is 0 Å². The summed E-state index contributed by atoms with van der Waals surface area (Å²) in [5, 5.41) is 12.5. The highest BCUT2D eigenvalue weighted by Crippen LogP contribution is 2.50. The van der Waals surface area contributed by atoms with E-state index in [-0.39, 0.29) is 43.4 Å². The van der Waals surface area contributed by atoms with Crippen molar-refractivity contribution in [1.29, 1.82) is 0 Å². The summed E-state index contributed by atoms with van der Waals surface area (Å²) in [4.78, 5) is 47.8. The Hall–Kier alpha value is -4.08. The van der Waals surface area contributed by atoms with Crippen LogP contribution in [0.4, 0.5) is 36.8 Å². The maximum Gasteiger partial charge on any atom is 0.430 e. The summed E-state index contributed by atoms with van der Waals surface area (Å²) in [6.45, 7) is 7.19. The molecule has 16 heteroatoms. The highest BCUT2D eigenvalue weighted by atomic mass is 19.4. The van der Waals surface area contributed by atoms with E-state index in [0.29, 0.717) is 36.9 Å². The van der Waals surface area contributed by atoms with Crippen LogP contribution in [0.5, 0.6) is 5.75 Å². The molecule has 1 aromatic heterocycles. The SMILES string of the molecule is CCCc1cc(C(O)(C(F)(F)F)C(F)(F)F)ccc1N1CCCN(C(=O)CN2C(=O)NC(C)(c3ccc(OC(C)C)cn3)C2=O)CC1. The van der Waals surface area contributed by atoms with Crippen molar-refractivity contribution in [2.75, 3.05) is 37.6 Å². The number of halogens is 6. The van der Waals surface area contributed by atoms with Crippen LogP contribution in [0.15, 0.2) is 36.5 Å². The van der Waals surface area contributed by atoms with Gasteiger partial charge in [-0.15, -0.1) is 0 Å². The van der Waals surface area contributed by atoms with E-state index >= 15 is 0 Å². The van der Waals surface area contributed by atoms with Gasteiger partial charge in [-0.3, -0.25) is 19.5 Å². The average molecular weight is 674 g/mol. The van der Waals surface area contributed by atoms with Gasteiger partial charge in [-0.2, -0.15) is 26.3 Å². The normalized spacial score (nSPS) is 19.7. The van der Waals surface area contributed by atoms with Crippen molar-refractivity contribution < 1.29 is 50.6 Å². The number of carbonyl (C=O) groups excluding carboxylic acids is 3. The molecule has 3 heterocycles. The Labute approximate surface area is 267 Å². The predicted molar refractivity (Wildman–Crippen MR) is 157 cm³/mol. The Bertz CT molecular complexity index is 1470. The van der Waals surface area contributed by atoms with E-state index in [2.05, 4.69) is 10.3 Å². The second-order valence-corrected chi connectivity index (χ2v) is 12.0. The van der Waals surface area contributed by atoms with E-state index in [1.54, 1.807) is 24.0 Å². The first kappa shape index (κ1) is 35.8. The van der Waals surface area contributed by atoms with Crippen LogP contribution in [0.2, 0.25) is 0 Å². The fraction of sp³-hybridized carbons (Fsp3) is 0.548. The number of aliphatic hydroxyl groups is 1. The Morgan fingerprint density at radius 1 is 1.04 bits per heavy atom. The van der Waals surface area contributed by atoms with Crippen LogP contribution < -0.4 is 15.0 Å². The number of ether oxygens (including phenoxy) is 1. The molecule has 0 saturated carbocycles. The molecule has 47 heavy (non-hydrogen) atoms. The number of carbonyl (C=O) groups is 3. The number of urea groups is 1. The third-order valence-electron chi connectivity index (χ3n) is 8.22. The Kier molecular flexibility index (Phi) is 10.0. The van der Waals surface area contributed by atoms with Crippen molar-refractivity contribution in [2.24, 2.45) is 0 Å². The first-order chi connectivity index (χ1) is 21.8. The lowest BCUT2D eigenvalue weighted by Crippen LogP contribution is -2.54. The van der Waals surface area contributed by atoms with Crippen molar-refractivity contribution in [2.45, 2.75) is 76.6 Å². The van der Waals surface area contributed by atoms with Gasteiger partial charge in [0.05, 0.1) is 18.0 Å². The number of anilines is 1. The van der Waals surface area contributed by atoms with Crippen molar-refractivity contribution >= 4 is 23.5 Å². The quantitative estimate of drug-likeness (QED) is 0.295. The Balaban J connectivity index is 1.47. The molecular formula is C31H37F6N5O5. The van der Waals surface area contributed by atoms with Crippen LogP contribution >= 0.6 is 0 Å². The molecule has 10 nitrogen and oxygen atoms in total. The smallest absolute Gasteiger partial charge is 0.430 e. The van der Waals surface area contributed by atoms with Crippen molar-refractivity contribution in [3.8, 4) is 5.75 Å². The predicted octanol–water partition coefficient (Wildman–Crippen LogP) is 4.64. The van der Waals surface area contributed by atoms with Gasteiger partial charge in [0, 0.05) is 37.4 Å². The number of nitrogens with zero attached hydrogens (tertiary/aromatic N) is 4. The molecule has 0 radical (unpaired) electrons. The fourth-order valence-electron chi connectivity index (χ4n) is 5.75. The van der Waals surface area contributed by atoms with Crippen molar-refractivity contribution in [3.63, 3.8) is 0 Å². The molecular weight excluding hydrogens is 636 g/mol. The van der Waals surface area contributed by atoms with Gasteiger partial charge in [0.25, 0.3) is 11.5 Å². The summed E-state index contributed by atoms with van der Waals surface area (Å²) in [5.41, 5.74) is -7.06. The summed E-state index contributed by atoms with van der Waals surface area (Å²) < 4.78 is 86.8. The van der Waals surface area contributed by atoms with Crippen LogP contribution in [-0.4, -0.2) is 88.9 Å². The molecule has 2 aliphatic heterocycles. The molecule has 1 atom stereocenters. The molecule has 0 aliphatic carbocycles. The summed E-state index contributed by atoms with van der Waals surface area (Å²) in [5.74, 6) is -0.703. The minimum Gasteiger partial charge on any atom is -0.489 e. The third kappa shape index (κ3) is 6.97. The van der Waals surface area contributed by atoms with Crippen LogP contribution in [0.3, 0.4) is 0 Å². The van der Waals surface area contributed by atoms with E-state index in [1.807, 2.05) is 13.8 Å². The maximum atomic E-state index is 13.5. The number of aryl methyl sites for hydroxylation is 1. The molecule has 258 valence electrons. The Morgan fingerprint density at radius 2 is 1.72 bits per heavy atom. The van der Waals surface area contributed by atoms with Crippen molar-refractivity contribution in [3.05, 3.63) is 53.3 Å². The van der Waals surface area contributed by atoms with Gasteiger partial charge in [-0.05, 0) is 57.4 Å². The highest BCUT2D eigenvalue weighted by molar-refractivity contribution is 6.09. The number of pyridine rings is 1. The lowest BCUT2D eigenvalue weighted by Gasteiger charge is -2.34. The zero-order valence-corrected chi connectivity index (χ0v) is 26.3. The number of nitrogens with one attached hydrogen (secondary N) is 1. The van der Waals surface area contributed by atoms with Crippen LogP contribution in [0.25, 0.3) is 0 Å². The molecule has 1 aromatic carbocycles. The standard InChI is InChI=1S/C31H37F6N5O5/c1-5-7-20-16-21(29(46,30(32,33)34)31(35,36)37)8-10-23(20)40-12-6-13-41(15-14-40)25(43)18-42-26(44)28(4,39-27(42)45)24-11-9-22(17-38-24)47-19(2)3/h8-11,16-17,19,46H,5-7,12-15,18H2,1-4H3,(H,39,45).